The molecule has 7 heteroatoms. The van der Waals surface area contributed by atoms with Crippen molar-refractivity contribution in [3.05, 3.63) is 65.2 Å². The lowest BCUT2D eigenvalue weighted by Gasteiger charge is -2.27. The van der Waals surface area contributed by atoms with Crippen molar-refractivity contribution < 1.29 is 28.9 Å². The van der Waals surface area contributed by atoms with Crippen LogP contribution in [0.3, 0.4) is 0 Å². The van der Waals surface area contributed by atoms with Gasteiger partial charge >= 0.3 is 0 Å². The van der Waals surface area contributed by atoms with Crippen LogP contribution in [0.1, 0.15) is 30.0 Å². The number of aliphatic hydroxyl groups excluding tert-OH is 1. The number of Topliss-reactive ketones (excluding diaryl/α,β-unsaturated/α-hetero) is 1. The molecule has 2 aromatic rings. The summed E-state index contributed by atoms with van der Waals surface area (Å²) in [5.41, 5.74) is 1.18. The Labute approximate surface area is 180 Å². The van der Waals surface area contributed by atoms with Crippen LogP contribution in [0.2, 0.25) is 0 Å². The highest BCUT2D eigenvalue weighted by Gasteiger charge is 2.47. The van der Waals surface area contributed by atoms with Crippen LogP contribution in [0, 0.1) is 0 Å². The molecule has 0 bridgehead atoms. The van der Waals surface area contributed by atoms with E-state index in [1.54, 1.807) is 56.7 Å². The van der Waals surface area contributed by atoms with Crippen molar-refractivity contribution >= 4 is 17.4 Å². The van der Waals surface area contributed by atoms with Crippen LogP contribution in [0.4, 0.5) is 0 Å². The number of ketones is 1. The minimum absolute atomic E-state index is 0.0569. The van der Waals surface area contributed by atoms with Crippen molar-refractivity contribution in [3.8, 4) is 11.5 Å². The largest absolute Gasteiger partial charge is 0.507 e. The molecule has 2 atom stereocenters. The molecule has 0 saturated carbocycles. The Hall–Kier alpha value is -3.32. The molecule has 0 aliphatic carbocycles. The molecule has 162 valence electrons. The van der Waals surface area contributed by atoms with Gasteiger partial charge in [0.05, 0.1) is 31.9 Å². The lowest BCUT2D eigenvalue weighted by atomic mass is 9.95. The molecule has 31 heavy (non-hydrogen) atoms. The Balaban J connectivity index is 1.81. The quantitative estimate of drug-likeness (QED) is 0.436. The number of methoxy groups -OCH3 is 2. The molecular formula is C24H25NO6. The molecule has 1 amide bonds. The van der Waals surface area contributed by atoms with E-state index in [-0.39, 0.29) is 24.0 Å². The van der Waals surface area contributed by atoms with Crippen LogP contribution in [0.5, 0.6) is 11.5 Å². The van der Waals surface area contributed by atoms with E-state index in [1.807, 2.05) is 6.07 Å². The average Bonchev–Trinajstić information content (AvgIpc) is 3.41. The molecule has 2 aliphatic heterocycles. The van der Waals surface area contributed by atoms with E-state index in [1.165, 1.54) is 4.90 Å². The summed E-state index contributed by atoms with van der Waals surface area (Å²) in [6.45, 7) is 0.927. The van der Waals surface area contributed by atoms with Gasteiger partial charge in [-0.1, -0.05) is 12.1 Å². The first-order chi connectivity index (χ1) is 15.0. The Kier molecular flexibility index (Phi) is 5.95. The molecule has 2 aliphatic rings. The number of ether oxygens (including phenoxy) is 3. The van der Waals surface area contributed by atoms with Crippen molar-refractivity contribution in [2.24, 2.45) is 0 Å². The SMILES string of the molecule is COc1ccc(/C(O)=C2\C(=O)C(=O)N(C[C@H]3CCCO3)[C@H]2c2cccc(OC)c2)cc1. The maximum Gasteiger partial charge on any atom is 0.295 e. The Bertz CT molecular complexity index is 1010. The van der Waals surface area contributed by atoms with Crippen LogP contribution in [0.15, 0.2) is 54.1 Å². The molecule has 2 heterocycles. The molecule has 0 radical (unpaired) electrons. The fourth-order valence-electron chi connectivity index (χ4n) is 4.14. The number of nitrogens with zero attached hydrogens (tertiary/aromatic N) is 1. The first kappa shape index (κ1) is 20.9. The predicted octanol–water partition coefficient (Wildman–Crippen LogP) is 3.30. The molecule has 0 unspecified atom stereocenters. The molecular weight excluding hydrogens is 398 g/mol. The summed E-state index contributed by atoms with van der Waals surface area (Å²) < 4.78 is 16.2. The Morgan fingerprint density at radius 1 is 1.10 bits per heavy atom. The molecule has 1 N–H and O–H groups in total. The summed E-state index contributed by atoms with van der Waals surface area (Å²) in [6.07, 6.45) is 1.61. The molecule has 0 aromatic heterocycles. The maximum absolute atomic E-state index is 13.1. The summed E-state index contributed by atoms with van der Waals surface area (Å²) in [4.78, 5) is 27.6. The van der Waals surface area contributed by atoms with Gasteiger partial charge in [-0.3, -0.25) is 9.59 Å². The van der Waals surface area contributed by atoms with Gasteiger partial charge in [-0.05, 0) is 54.8 Å². The molecule has 2 fully saturated rings. The van der Waals surface area contributed by atoms with Crippen molar-refractivity contribution in [1.82, 2.24) is 4.90 Å². The van der Waals surface area contributed by atoms with Crippen LogP contribution in [0.25, 0.3) is 5.76 Å². The van der Waals surface area contributed by atoms with E-state index in [0.29, 0.717) is 29.2 Å². The summed E-state index contributed by atoms with van der Waals surface area (Å²) in [5.74, 6) is -0.342. The number of aliphatic hydroxyl groups is 1. The molecule has 2 aromatic carbocycles. The van der Waals surface area contributed by atoms with Crippen molar-refractivity contribution in [1.29, 1.82) is 0 Å². The van der Waals surface area contributed by atoms with Gasteiger partial charge in [0.1, 0.15) is 17.3 Å². The Morgan fingerprint density at radius 3 is 2.48 bits per heavy atom. The van der Waals surface area contributed by atoms with E-state index in [4.69, 9.17) is 14.2 Å². The number of carbonyl (C=O) groups excluding carboxylic acids is 2. The maximum atomic E-state index is 13.1. The Morgan fingerprint density at radius 2 is 1.84 bits per heavy atom. The number of hydrogen-bond donors (Lipinski definition) is 1. The molecule has 7 nitrogen and oxygen atoms in total. The first-order valence-electron chi connectivity index (χ1n) is 10.2. The molecule has 4 rings (SSSR count). The second-order valence-electron chi connectivity index (χ2n) is 7.59. The van der Waals surface area contributed by atoms with Gasteiger partial charge in [0.2, 0.25) is 0 Å². The fraction of sp³-hybridized carbons (Fsp3) is 0.333. The normalized spacial score (nSPS) is 22.7. The lowest BCUT2D eigenvalue weighted by Crippen LogP contribution is -2.36. The highest BCUT2D eigenvalue weighted by Crippen LogP contribution is 2.41. The second-order valence-corrected chi connectivity index (χ2v) is 7.59. The fourth-order valence-corrected chi connectivity index (χ4v) is 4.14. The zero-order valence-electron chi connectivity index (χ0n) is 17.5. The van der Waals surface area contributed by atoms with E-state index >= 15 is 0 Å². The standard InChI is InChI=1S/C24H25NO6/c1-29-17-10-8-15(9-11-17)22(26)20-21(16-5-3-6-18(13-16)30-2)25(24(28)23(20)27)14-19-7-4-12-31-19/h3,5-6,8-11,13,19,21,26H,4,7,12,14H2,1-2H3/b22-20+/t19-,21+/m1/s1. The summed E-state index contributed by atoms with van der Waals surface area (Å²) in [5, 5.41) is 11.1. The van der Waals surface area contributed by atoms with Crippen molar-refractivity contribution in [2.75, 3.05) is 27.4 Å². The zero-order chi connectivity index (χ0) is 22.0. The number of hydrogen-bond acceptors (Lipinski definition) is 6. The van der Waals surface area contributed by atoms with Gasteiger partial charge in [-0.2, -0.15) is 0 Å². The smallest absolute Gasteiger partial charge is 0.295 e. The van der Waals surface area contributed by atoms with Gasteiger partial charge < -0.3 is 24.2 Å². The van der Waals surface area contributed by atoms with Crippen LogP contribution >= 0.6 is 0 Å². The van der Waals surface area contributed by atoms with Gasteiger partial charge in [-0.25, -0.2) is 0 Å². The third-order valence-electron chi connectivity index (χ3n) is 5.74. The van der Waals surface area contributed by atoms with E-state index in [2.05, 4.69) is 0 Å². The van der Waals surface area contributed by atoms with Gasteiger partial charge in [0.25, 0.3) is 11.7 Å². The van der Waals surface area contributed by atoms with Gasteiger partial charge in [-0.15, -0.1) is 0 Å². The monoisotopic (exact) mass is 423 g/mol. The lowest BCUT2D eigenvalue weighted by molar-refractivity contribution is -0.140. The third kappa shape index (κ3) is 4.01. The topological polar surface area (TPSA) is 85.3 Å². The second kappa shape index (κ2) is 8.81. The number of amides is 1. The van der Waals surface area contributed by atoms with Crippen molar-refractivity contribution in [3.63, 3.8) is 0 Å². The van der Waals surface area contributed by atoms with Crippen LogP contribution < -0.4 is 9.47 Å². The van der Waals surface area contributed by atoms with E-state index < -0.39 is 17.7 Å². The number of benzene rings is 2. The minimum atomic E-state index is -0.735. The predicted molar refractivity (Wildman–Crippen MR) is 114 cm³/mol. The molecule has 2 saturated heterocycles. The summed E-state index contributed by atoms with van der Waals surface area (Å²) in [6, 6.07) is 13.2. The minimum Gasteiger partial charge on any atom is -0.507 e. The average molecular weight is 423 g/mol. The number of likely N-dealkylation sites (tertiary alicyclic amines) is 1. The first-order valence-corrected chi connectivity index (χ1v) is 10.2. The van der Waals surface area contributed by atoms with Crippen molar-refractivity contribution in [2.45, 2.75) is 25.0 Å². The zero-order valence-corrected chi connectivity index (χ0v) is 17.5. The van der Waals surface area contributed by atoms with Gasteiger partial charge in [0, 0.05) is 18.7 Å². The van der Waals surface area contributed by atoms with Crippen LogP contribution in [-0.4, -0.2) is 55.2 Å². The summed E-state index contributed by atoms with van der Waals surface area (Å²) >= 11 is 0. The molecule has 0 spiro atoms. The highest BCUT2D eigenvalue weighted by molar-refractivity contribution is 6.46. The number of carbonyl (C=O) groups is 2. The number of rotatable bonds is 6. The summed E-state index contributed by atoms with van der Waals surface area (Å²) in [7, 11) is 3.11. The highest BCUT2D eigenvalue weighted by atomic mass is 16.5. The van der Waals surface area contributed by atoms with Gasteiger partial charge in [0.15, 0.2) is 0 Å². The van der Waals surface area contributed by atoms with E-state index in [9.17, 15) is 14.7 Å². The van der Waals surface area contributed by atoms with Crippen LogP contribution in [-0.2, 0) is 14.3 Å². The third-order valence-corrected chi connectivity index (χ3v) is 5.74. The van der Waals surface area contributed by atoms with E-state index in [0.717, 1.165) is 12.8 Å².